The number of anilines is 1. The van der Waals surface area contributed by atoms with Gasteiger partial charge in [0, 0.05) is 68.7 Å². The molecule has 7 heteroatoms. The summed E-state index contributed by atoms with van der Waals surface area (Å²) in [4.78, 5) is 14.7. The first-order valence-corrected chi connectivity index (χ1v) is 13.9. The number of aromatic nitrogens is 3. The van der Waals surface area contributed by atoms with Crippen LogP contribution in [0.2, 0.25) is 0 Å². The van der Waals surface area contributed by atoms with E-state index >= 15 is 0 Å². The molecule has 36 heavy (non-hydrogen) atoms. The largest absolute Gasteiger partial charge is 0.393 e. The van der Waals surface area contributed by atoms with Crippen molar-refractivity contribution in [1.29, 1.82) is 0 Å². The van der Waals surface area contributed by atoms with Gasteiger partial charge >= 0.3 is 0 Å². The highest BCUT2D eigenvalue weighted by atomic mass is 16.3. The first kappa shape index (κ1) is 23.9. The lowest BCUT2D eigenvalue weighted by Gasteiger charge is -2.32. The van der Waals surface area contributed by atoms with Crippen molar-refractivity contribution in [2.24, 2.45) is 5.92 Å². The second-order valence-electron chi connectivity index (χ2n) is 11.3. The van der Waals surface area contributed by atoms with Gasteiger partial charge in [-0.05, 0) is 62.6 Å². The summed E-state index contributed by atoms with van der Waals surface area (Å²) in [7, 11) is 2.20. The fourth-order valence-corrected chi connectivity index (χ4v) is 5.95. The Bertz CT molecular complexity index is 1150. The Morgan fingerprint density at radius 3 is 2.42 bits per heavy atom. The minimum Gasteiger partial charge on any atom is -0.393 e. The average Bonchev–Trinajstić information content (AvgIpc) is 3.24. The predicted molar refractivity (Wildman–Crippen MR) is 145 cm³/mol. The van der Waals surface area contributed by atoms with Gasteiger partial charge < -0.3 is 19.9 Å². The zero-order valence-corrected chi connectivity index (χ0v) is 21.6. The summed E-state index contributed by atoms with van der Waals surface area (Å²) in [6, 6.07) is 9.46. The van der Waals surface area contributed by atoms with Crippen molar-refractivity contribution in [3.8, 4) is 11.1 Å². The molecule has 2 aromatic heterocycles. The molecule has 0 radical (unpaired) electrons. The van der Waals surface area contributed by atoms with Crippen molar-refractivity contribution in [1.82, 2.24) is 24.3 Å². The topological polar surface area (TPSA) is 69.5 Å². The third-order valence-corrected chi connectivity index (χ3v) is 8.67. The standard InChI is InChI=1S/C29H40N6O/c1-33-13-15-34(16-14-33)19-22-5-7-23(8-6-22)27-20-35(24-9-11-25(36)12-10-24)28-26(27)18-31-29(32-28)30-17-21-3-2-4-21/h5-8,18,20-21,24-25,36H,2-4,9-17,19H2,1H3,(H,30,31,32). The Morgan fingerprint density at radius 2 is 1.72 bits per heavy atom. The van der Waals surface area contributed by atoms with Crippen LogP contribution in [-0.4, -0.2) is 75.3 Å². The summed E-state index contributed by atoms with van der Waals surface area (Å²) >= 11 is 0. The van der Waals surface area contributed by atoms with Crippen LogP contribution in [0.25, 0.3) is 22.2 Å². The molecule has 1 aliphatic heterocycles. The van der Waals surface area contributed by atoms with Gasteiger partial charge in [0.2, 0.25) is 5.95 Å². The molecule has 3 aliphatic rings. The molecule has 0 bridgehead atoms. The van der Waals surface area contributed by atoms with E-state index < -0.39 is 0 Å². The lowest BCUT2D eigenvalue weighted by Crippen LogP contribution is -2.43. The maximum Gasteiger partial charge on any atom is 0.224 e. The molecule has 1 saturated heterocycles. The molecule has 7 nitrogen and oxygen atoms in total. The third kappa shape index (κ3) is 5.15. The van der Waals surface area contributed by atoms with Crippen LogP contribution in [0.4, 0.5) is 5.95 Å². The van der Waals surface area contributed by atoms with Gasteiger partial charge in [0.15, 0.2) is 0 Å². The minimum absolute atomic E-state index is 0.162. The van der Waals surface area contributed by atoms with Gasteiger partial charge in [-0.2, -0.15) is 4.98 Å². The Balaban J connectivity index is 1.26. The number of rotatable bonds is 7. The van der Waals surface area contributed by atoms with E-state index in [1.165, 1.54) is 36.0 Å². The van der Waals surface area contributed by atoms with Gasteiger partial charge in [-0.15, -0.1) is 0 Å². The van der Waals surface area contributed by atoms with Crippen molar-refractivity contribution in [3.05, 3.63) is 42.2 Å². The fourth-order valence-electron chi connectivity index (χ4n) is 5.95. The lowest BCUT2D eigenvalue weighted by atomic mass is 9.85. The number of aliphatic hydroxyl groups is 1. The van der Waals surface area contributed by atoms with Gasteiger partial charge in [-0.1, -0.05) is 30.7 Å². The normalized spacial score (nSPS) is 24.2. The Labute approximate surface area is 214 Å². The lowest BCUT2D eigenvalue weighted by molar-refractivity contribution is 0.111. The molecule has 3 aromatic rings. The summed E-state index contributed by atoms with van der Waals surface area (Å²) in [5, 5.41) is 14.7. The molecule has 0 atom stereocenters. The summed E-state index contributed by atoms with van der Waals surface area (Å²) in [5.74, 6) is 1.49. The Hall–Kier alpha value is -2.48. The van der Waals surface area contributed by atoms with E-state index in [0.717, 1.165) is 87.9 Å². The number of likely N-dealkylation sites (N-methyl/N-ethyl adjacent to an activating group) is 1. The SMILES string of the molecule is CN1CCN(Cc2ccc(-c3cn(C4CCC(O)CC4)c4nc(NCC5CCC5)ncc34)cc2)CC1. The Kier molecular flexibility index (Phi) is 6.96. The maximum atomic E-state index is 10.1. The van der Waals surface area contributed by atoms with Crippen molar-refractivity contribution in [2.45, 2.75) is 63.6 Å². The van der Waals surface area contributed by atoms with Crippen LogP contribution in [0.5, 0.6) is 0 Å². The molecule has 3 fully saturated rings. The van der Waals surface area contributed by atoms with Crippen LogP contribution in [0.3, 0.4) is 0 Å². The molecule has 0 spiro atoms. The van der Waals surface area contributed by atoms with E-state index in [9.17, 15) is 5.11 Å². The number of fused-ring (bicyclic) bond motifs is 1. The first-order valence-electron chi connectivity index (χ1n) is 13.9. The van der Waals surface area contributed by atoms with E-state index in [4.69, 9.17) is 9.97 Å². The molecular weight excluding hydrogens is 448 g/mol. The monoisotopic (exact) mass is 488 g/mol. The van der Waals surface area contributed by atoms with Crippen LogP contribution in [0, 0.1) is 5.92 Å². The third-order valence-electron chi connectivity index (χ3n) is 8.67. The zero-order valence-electron chi connectivity index (χ0n) is 21.6. The number of nitrogens with zero attached hydrogens (tertiary/aromatic N) is 5. The van der Waals surface area contributed by atoms with E-state index in [0.29, 0.717) is 6.04 Å². The number of benzene rings is 1. The summed E-state index contributed by atoms with van der Waals surface area (Å²) in [6.45, 7) is 6.54. The first-order chi connectivity index (χ1) is 17.6. The zero-order chi connectivity index (χ0) is 24.5. The van der Waals surface area contributed by atoms with Crippen molar-refractivity contribution in [2.75, 3.05) is 45.1 Å². The van der Waals surface area contributed by atoms with Gasteiger partial charge in [0.1, 0.15) is 5.65 Å². The number of hydrogen-bond donors (Lipinski definition) is 2. The molecule has 6 rings (SSSR count). The highest BCUT2D eigenvalue weighted by molar-refractivity contribution is 5.94. The molecule has 192 valence electrons. The quantitative estimate of drug-likeness (QED) is 0.509. The smallest absolute Gasteiger partial charge is 0.224 e. The molecule has 2 aliphatic carbocycles. The molecular formula is C29H40N6O. The van der Waals surface area contributed by atoms with Crippen LogP contribution in [-0.2, 0) is 6.54 Å². The maximum absolute atomic E-state index is 10.1. The van der Waals surface area contributed by atoms with E-state index in [1.807, 2.05) is 6.20 Å². The summed E-state index contributed by atoms with van der Waals surface area (Å²) < 4.78 is 2.37. The number of nitrogens with one attached hydrogen (secondary N) is 1. The number of aliphatic hydroxyl groups excluding tert-OH is 1. The van der Waals surface area contributed by atoms with E-state index in [-0.39, 0.29) is 6.10 Å². The number of piperazine rings is 1. The van der Waals surface area contributed by atoms with Crippen LogP contribution in [0.1, 0.15) is 56.6 Å². The highest BCUT2D eigenvalue weighted by Gasteiger charge is 2.25. The van der Waals surface area contributed by atoms with Crippen molar-refractivity contribution < 1.29 is 5.11 Å². The van der Waals surface area contributed by atoms with Crippen LogP contribution >= 0.6 is 0 Å². The van der Waals surface area contributed by atoms with Gasteiger partial charge in [0.25, 0.3) is 0 Å². The molecule has 1 aromatic carbocycles. The van der Waals surface area contributed by atoms with Crippen LogP contribution in [0.15, 0.2) is 36.7 Å². The highest BCUT2D eigenvalue weighted by Crippen LogP contribution is 2.37. The van der Waals surface area contributed by atoms with Gasteiger partial charge in [-0.3, -0.25) is 4.90 Å². The molecule has 0 amide bonds. The minimum atomic E-state index is -0.162. The Morgan fingerprint density at radius 1 is 0.972 bits per heavy atom. The van der Waals surface area contributed by atoms with Crippen LogP contribution < -0.4 is 5.32 Å². The summed E-state index contributed by atoms with van der Waals surface area (Å²) in [5.41, 5.74) is 4.80. The molecule has 2 N–H and O–H groups in total. The second kappa shape index (κ2) is 10.5. The predicted octanol–water partition coefficient (Wildman–Crippen LogP) is 4.53. The molecule has 3 heterocycles. The second-order valence-corrected chi connectivity index (χ2v) is 11.3. The fraction of sp³-hybridized carbons (Fsp3) is 0.586. The molecule has 0 unspecified atom stereocenters. The van der Waals surface area contributed by atoms with Gasteiger partial charge in [0.05, 0.1) is 6.10 Å². The average molecular weight is 489 g/mol. The van der Waals surface area contributed by atoms with E-state index in [2.05, 4.69) is 57.2 Å². The van der Waals surface area contributed by atoms with E-state index in [1.54, 1.807) is 0 Å². The summed E-state index contributed by atoms with van der Waals surface area (Å²) in [6.07, 6.45) is 11.8. The van der Waals surface area contributed by atoms with Crippen molar-refractivity contribution in [3.63, 3.8) is 0 Å². The molecule has 2 saturated carbocycles. The van der Waals surface area contributed by atoms with Crippen molar-refractivity contribution >= 4 is 17.0 Å². The van der Waals surface area contributed by atoms with Gasteiger partial charge in [-0.25, -0.2) is 4.98 Å². The number of hydrogen-bond acceptors (Lipinski definition) is 6.